The van der Waals surface area contributed by atoms with Crippen LogP contribution in [0.3, 0.4) is 0 Å². The maximum atomic E-state index is 12.4. The van der Waals surface area contributed by atoms with Gasteiger partial charge in [-0.3, -0.25) is 19.2 Å². The highest BCUT2D eigenvalue weighted by atomic mass is 35.5. The predicted octanol–water partition coefficient (Wildman–Crippen LogP) is 3.85. The Hall–Kier alpha value is -5.70. The summed E-state index contributed by atoms with van der Waals surface area (Å²) in [4.78, 5) is 45.1. The maximum absolute atomic E-state index is 12.4. The largest absolute Gasteiger partial charge is 1.00 e. The standard InChI is InChI=1S/C15H20F3NO.2C13H18F3N3O.C8H5F3O2.C7H17N.2ClH/c1-3-4-5-11(2)10-19-14(20)12-6-8-13(9-7-12)15(16,17)18;2*14-13(15,16)10-5-3-9(4-6-10)12(20)19-8-11(18)2-1-7-17;9-8(10,11)6-1-3-7(4-2-6)13-5-12;1-3-4-5-7(2)6-8;;/h6-9,11H,3-5,10H2,1-2H3,(H,19,20);2*3-6,11H,1-2,7-8,17-18H2,(H,19,20);1-5H;7H,3-6,8H2,1-2H3;2*1H/t3*11-;;7-;;/m000.0../s1. The van der Waals surface area contributed by atoms with Gasteiger partial charge in [0.1, 0.15) is 11.8 Å². The average molecular weight is 1240 g/mol. The second kappa shape index (κ2) is 43.0. The normalized spacial score (nSPS) is 12.5. The van der Waals surface area contributed by atoms with Crippen LogP contribution in [0, 0.1) is 11.8 Å². The van der Waals surface area contributed by atoms with Crippen LogP contribution in [0.1, 0.15) is 145 Å². The summed E-state index contributed by atoms with van der Waals surface area (Å²) in [6, 6.07) is 16.2. The van der Waals surface area contributed by atoms with Crippen molar-refractivity contribution in [1.29, 1.82) is 0 Å². The van der Waals surface area contributed by atoms with Crippen LogP contribution in [-0.2, 0) is 29.5 Å². The summed E-state index contributed by atoms with van der Waals surface area (Å²) in [5, 5.41) is 7.99. The first-order valence-electron chi connectivity index (χ1n) is 26.3. The SMILES string of the molecule is CCCC[C@H](C)CN.CCCC[C@H](C)CNC(=O)c1ccc(C(F)(F)F)cc1.NCCC[C@H](N)CNC(=O)c1ccc(C(F)(F)F)cc1.O=COc1ccc(C(F)(F)F)cc1.[Cl-].[Cl-].[NH3+]CCC[C@H]([NH3+])CNC(=O)c1ccc(C(F)(F)F)cc1. The molecule has 4 atom stereocenters. The van der Waals surface area contributed by atoms with E-state index >= 15 is 0 Å². The highest BCUT2D eigenvalue weighted by molar-refractivity contribution is 5.95. The Morgan fingerprint density at radius 2 is 0.855 bits per heavy atom. The number of nitrogens with two attached hydrogens (primary N) is 3. The number of quaternary nitrogens is 2. The van der Waals surface area contributed by atoms with Gasteiger partial charge in [0.15, 0.2) is 0 Å². The van der Waals surface area contributed by atoms with Gasteiger partial charge in [0.25, 0.3) is 24.2 Å². The molecular formula is C56H80Cl2F12N8O5. The molecule has 0 aliphatic rings. The van der Waals surface area contributed by atoms with E-state index in [0.29, 0.717) is 32.0 Å². The lowest BCUT2D eigenvalue weighted by molar-refractivity contribution is -0.423. The predicted molar refractivity (Wildman–Crippen MR) is 286 cm³/mol. The molecule has 0 spiro atoms. The first-order valence-corrected chi connectivity index (χ1v) is 26.3. The van der Waals surface area contributed by atoms with Gasteiger partial charge in [-0.25, -0.2) is 0 Å². The van der Waals surface area contributed by atoms with E-state index in [2.05, 4.69) is 52.9 Å². The first-order chi connectivity index (χ1) is 37.9. The van der Waals surface area contributed by atoms with Crippen LogP contribution in [-0.4, -0.2) is 75.5 Å². The smallest absolute Gasteiger partial charge is 0.416 e. The Labute approximate surface area is 490 Å². The number of benzene rings is 4. The van der Waals surface area contributed by atoms with E-state index in [1.165, 1.54) is 43.5 Å². The van der Waals surface area contributed by atoms with Gasteiger partial charge in [-0.1, -0.05) is 53.4 Å². The molecule has 0 aliphatic carbocycles. The summed E-state index contributed by atoms with van der Waals surface area (Å²) in [6.45, 7) is 12.1. The van der Waals surface area contributed by atoms with E-state index < -0.39 is 52.9 Å². The van der Waals surface area contributed by atoms with E-state index in [1.54, 1.807) is 0 Å². The molecule has 0 heterocycles. The summed E-state index contributed by atoms with van der Waals surface area (Å²) in [5.41, 5.74) is 21.7. The fraction of sp³-hybridized carbons (Fsp3) is 0.500. The number of hydrogen-bond donors (Lipinski definition) is 8. The Morgan fingerprint density at radius 3 is 1.17 bits per heavy atom. The highest BCUT2D eigenvalue weighted by Gasteiger charge is 2.33. The van der Waals surface area contributed by atoms with E-state index in [0.717, 1.165) is 130 Å². The van der Waals surface area contributed by atoms with Crippen molar-refractivity contribution in [2.45, 2.75) is 129 Å². The number of carbonyl (C=O) groups excluding carboxylic acids is 4. The molecule has 0 saturated heterocycles. The van der Waals surface area contributed by atoms with Gasteiger partial charge in [0, 0.05) is 48.7 Å². The number of alkyl halides is 12. The third-order valence-electron chi connectivity index (χ3n) is 11.6. The molecule has 0 bridgehead atoms. The van der Waals surface area contributed by atoms with Crippen molar-refractivity contribution < 1.29 is 113 Å². The number of nitrogens with one attached hydrogen (secondary N) is 3. The van der Waals surface area contributed by atoms with Crippen molar-refractivity contribution in [3.05, 3.63) is 136 Å². The number of hydrogen-bond acceptors (Lipinski definition) is 8. The monoisotopic (exact) mass is 1240 g/mol. The second-order valence-corrected chi connectivity index (χ2v) is 18.9. The van der Waals surface area contributed by atoms with Crippen LogP contribution in [0.5, 0.6) is 5.75 Å². The highest BCUT2D eigenvalue weighted by Crippen LogP contribution is 2.32. The minimum Gasteiger partial charge on any atom is -1.00 e. The van der Waals surface area contributed by atoms with Gasteiger partial charge >= 0.3 is 24.7 Å². The van der Waals surface area contributed by atoms with Gasteiger partial charge in [-0.2, -0.15) is 52.7 Å². The van der Waals surface area contributed by atoms with Gasteiger partial charge < -0.3 is 74.2 Å². The Bertz CT molecular complexity index is 2150. The summed E-state index contributed by atoms with van der Waals surface area (Å²) in [6.07, 6.45) is -7.11. The van der Waals surface area contributed by atoms with Crippen LogP contribution in [0.25, 0.3) is 0 Å². The molecule has 4 aromatic carbocycles. The maximum Gasteiger partial charge on any atom is 0.416 e. The van der Waals surface area contributed by atoms with Crippen molar-refractivity contribution in [3.8, 4) is 5.75 Å². The third kappa shape index (κ3) is 37.3. The minimum atomic E-state index is -4.40. The van der Waals surface area contributed by atoms with Gasteiger partial charge in [0.05, 0.1) is 35.3 Å². The van der Waals surface area contributed by atoms with Gasteiger partial charge in [0.2, 0.25) is 0 Å². The molecule has 13 nitrogen and oxygen atoms in total. The zero-order valence-electron chi connectivity index (χ0n) is 46.9. The fourth-order valence-electron chi connectivity index (χ4n) is 6.59. The molecular weight excluding hydrogens is 1160 g/mol. The molecule has 27 heteroatoms. The summed E-state index contributed by atoms with van der Waals surface area (Å²) in [7, 11) is 0. The lowest BCUT2D eigenvalue weighted by Gasteiger charge is -2.12. The molecule has 4 aromatic rings. The average Bonchev–Trinajstić information content (AvgIpc) is 3.46. The first kappa shape index (κ1) is 81.5. The molecule has 3 amide bonds. The van der Waals surface area contributed by atoms with Crippen LogP contribution < -0.4 is 74.2 Å². The van der Waals surface area contributed by atoms with E-state index in [-0.39, 0.29) is 84.2 Å². The number of rotatable bonds is 24. The molecule has 0 radical (unpaired) electrons. The second-order valence-electron chi connectivity index (χ2n) is 18.9. The Kier molecular flexibility index (Phi) is 42.2. The van der Waals surface area contributed by atoms with Crippen LogP contribution in [0.2, 0.25) is 0 Å². The number of halogens is 14. The number of carbonyl (C=O) groups is 4. The number of ether oxygens (including phenoxy) is 1. The zero-order chi connectivity index (χ0) is 61.8. The summed E-state index contributed by atoms with van der Waals surface area (Å²) < 4.78 is 152. The molecule has 0 unspecified atom stereocenters. The van der Waals surface area contributed by atoms with Crippen LogP contribution in [0.15, 0.2) is 97.1 Å². The van der Waals surface area contributed by atoms with E-state index in [9.17, 15) is 71.9 Å². The van der Waals surface area contributed by atoms with Crippen LogP contribution in [0.4, 0.5) is 52.7 Å². The van der Waals surface area contributed by atoms with Gasteiger partial charge in [-0.05, 0) is 148 Å². The van der Waals surface area contributed by atoms with Gasteiger partial charge in [-0.15, -0.1) is 0 Å². The van der Waals surface area contributed by atoms with Crippen molar-refractivity contribution in [2.75, 3.05) is 39.3 Å². The van der Waals surface area contributed by atoms with Crippen LogP contribution >= 0.6 is 0 Å². The third-order valence-corrected chi connectivity index (χ3v) is 11.6. The molecule has 0 aromatic heterocycles. The number of unbranched alkanes of at least 4 members (excludes halogenated alkanes) is 2. The summed E-state index contributed by atoms with van der Waals surface area (Å²) >= 11 is 0. The molecule has 0 aliphatic heterocycles. The molecule has 4 rings (SSSR count). The molecule has 0 fully saturated rings. The van der Waals surface area contributed by atoms with E-state index in [4.69, 9.17) is 17.2 Å². The number of amides is 3. The minimum absolute atomic E-state index is 0. The van der Waals surface area contributed by atoms with Crippen molar-refractivity contribution in [2.24, 2.45) is 29.0 Å². The van der Waals surface area contributed by atoms with Crippen molar-refractivity contribution >= 4 is 24.2 Å². The van der Waals surface area contributed by atoms with E-state index in [1.807, 2.05) is 6.92 Å². The summed E-state index contributed by atoms with van der Waals surface area (Å²) in [5.74, 6) is 0.0253. The van der Waals surface area contributed by atoms with Crippen molar-refractivity contribution in [3.63, 3.8) is 0 Å². The molecule has 0 saturated carbocycles. The quantitative estimate of drug-likeness (QED) is 0.0378. The fourth-order valence-corrected chi connectivity index (χ4v) is 6.59. The lowest BCUT2D eigenvalue weighted by Crippen LogP contribution is -3.00. The van der Waals surface area contributed by atoms with Crippen molar-refractivity contribution in [1.82, 2.24) is 16.0 Å². The Morgan fingerprint density at radius 1 is 0.518 bits per heavy atom. The topological polar surface area (TPSA) is 247 Å². The Balaban J connectivity index is -0.000000985. The molecule has 15 N–H and O–H groups in total. The lowest BCUT2D eigenvalue weighted by atomic mass is 10.0. The molecule has 83 heavy (non-hydrogen) atoms. The zero-order valence-corrected chi connectivity index (χ0v) is 48.4. The molecule has 472 valence electrons.